The third-order valence-electron chi connectivity index (χ3n) is 0.726. The van der Waals surface area contributed by atoms with Crippen LogP contribution in [-0.4, -0.2) is 28.4 Å². The molecule has 7 heteroatoms. The first-order chi connectivity index (χ1) is 4.76. The minimum atomic E-state index is -5.19. The molecular formula is C4H2ClF3O3. The van der Waals surface area contributed by atoms with Crippen LogP contribution in [0.5, 0.6) is 0 Å². The number of rotatable bonds is 2. The molecule has 0 aromatic carbocycles. The second kappa shape index (κ2) is 3.08. The van der Waals surface area contributed by atoms with E-state index in [0.29, 0.717) is 0 Å². The van der Waals surface area contributed by atoms with Gasteiger partial charge in [0.05, 0.1) is 0 Å². The summed E-state index contributed by atoms with van der Waals surface area (Å²) in [5.41, 5.74) is 0. The molecule has 0 heterocycles. The van der Waals surface area contributed by atoms with Crippen LogP contribution in [0.2, 0.25) is 0 Å². The van der Waals surface area contributed by atoms with Gasteiger partial charge in [-0.3, -0.25) is 9.59 Å². The van der Waals surface area contributed by atoms with Crippen molar-refractivity contribution in [2.24, 2.45) is 0 Å². The van der Waals surface area contributed by atoms with Gasteiger partial charge in [-0.1, -0.05) is 0 Å². The standard InChI is InChI=1S/C4H2ClF3O3/c5-1(3(10)11)2(9)4(6,7)8/h1H,(H,10,11). The third kappa shape index (κ3) is 2.75. The van der Waals surface area contributed by atoms with Gasteiger partial charge in [-0.2, -0.15) is 13.2 Å². The van der Waals surface area contributed by atoms with Gasteiger partial charge in [0.15, 0.2) is 5.38 Å². The van der Waals surface area contributed by atoms with E-state index < -0.39 is 23.3 Å². The van der Waals surface area contributed by atoms with E-state index in [4.69, 9.17) is 5.11 Å². The van der Waals surface area contributed by atoms with Crippen molar-refractivity contribution >= 4 is 23.4 Å². The number of hydrogen-bond donors (Lipinski definition) is 1. The van der Waals surface area contributed by atoms with Crippen LogP contribution in [0.4, 0.5) is 13.2 Å². The van der Waals surface area contributed by atoms with E-state index in [1.54, 1.807) is 0 Å². The number of carboxylic acids is 1. The molecule has 0 aliphatic heterocycles. The molecule has 1 atom stereocenters. The Morgan fingerprint density at radius 3 is 1.82 bits per heavy atom. The van der Waals surface area contributed by atoms with Crippen molar-refractivity contribution in [3.8, 4) is 0 Å². The molecule has 0 aromatic heterocycles. The number of halogens is 4. The first-order valence-electron chi connectivity index (χ1n) is 2.24. The van der Waals surface area contributed by atoms with E-state index >= 15 is 0 Å². The summed E-state index contributed by atoms with van der Waals surface area (Å²) in [6, 6.07) is 0. The highest BCUT2D eigenvalue weighted by Crippen LogP contribution is 2.20. The lowest BCUT2D eigenvalue weighted by Crippen LogP contribution is -2.35. The Bertz CT molecular complexity index is 188. The first kappa shape index (κ1) is 10.2. The number of aliphatic carboxylic acids is 1. The SMILES string of the molecule is O=C(O)C(Cl)C(=O)C(F)(F)F. The molecule has 0 rings (SSSR count). The summed E-state index contributed by atoms with van der Waals surface area (Å²) in [4.78, 5) is 19.7. The molecule has 0 saturated heterocycles. The van der Waals surface area contributed by atoms with Crippen LogP contribution in [0.25, 0.3) is 0 Å². The minimum Gasteiger partial charge on any atom is -0.480 e. The van der Waals surface area contributed by atoms with E-state index in [0.717, 1.165) is 0 Å². The molecule has 1 N–H and O–H groups in total. The highest BCUT2D eigenvalue weighted by molar-refractivity contribution is 6.41. The fourth-order valence-corrected chi connectivity index (χ4v) is 0.380. The molecular weight excluding hydrogens is 188 g/mol. The Kier molecular flexibility index (Phi) is 2.86. The zero-order chi connectivity index (χ0) is 9.23. The van der Waals surface area contributed by atoms with Crippen LogP contribution in [-0.2, 0) is 9.59 Å². The molecule has 0 radical (unpaired) electrons. The summed E-state index contributed by atoms with van der Waals surface area (Å²) in [5.74, 6) is -4.47. The minimum absolute atomic E-state index is 2.01. The number of ketones is 1. The molecule has 0 aliphatic carbocycles. The lowest BCUT2D eigenvalue weighted by molar-refractivity contribution is -0.173. The van der Waals surface area contributed by atoms with Gasteiger partial charge in [0.1, 0.15) is 0 Å². The third-order valence-corrected chi connectivity index (χ3v) is 1.11. The van der Waals surface area contributed by atoms with Crippen LogP contribution >= 0.6 is 11.6 Å². The number of carbonyl (C=O) groups is 2. The zero-order valence-electron chi connectivity index (χ0n) is 4.85. The Hall–Kier alpha value is -0.780. The topological polar surface area (TPSA) is 54.4 Å². The van der Waals surface area contributed by atoms with Gasteiger partial charge in [0.25, 0.3) is 5.78 Å². The molecule has 0 fully saturated rings. The van der Waals surface area contributed by atoms with Gasteiger partial charge in [-0.15, -0.1) is 11.6 Å². The average Bonchev–Trinajstić information content (AvgIpc) is 1.82. The van der Waals surface area contributed by atoms with E-state index in [2.05, 4.69) is 11.6 Å². The summed E-state index contributed by atoms with van der Waals surface area (Å²) < 4.78 is 34.1. The fraction of sp³-hybridized carbons (Fsp3) is 0.500. The molecule has 64 valence electrons. The van der Waals surface area contributed by atoms with Gasteiger partial charge in [0.2, 0.25) is 0 Å². The Balaban J connectivity index is 4.39. The number of hydrogen-bond acceptors (Lipinski definition) is 2. The van der Waals surface area contributed by atoms with Gasteiger partial charge in [-0.25, -0.2) is 0 Å². The van der Waals surface area contributed by atoms with Gasteiger partial charge in [-0.05, 0) is 0 Å². The van der Waals surface area contributed by atoms with Crippen molar-refractivity contribution in [2.45, 2.75) is 11.6 Å². The molecule has 3 nitrogen and oxygen atoms in total. The molecule has 1 unspecified atom stereocenters. The van der Waals surface area contributed by atoms with Crippen LogP contribution in [0, 0.1) is 0 Å². The lowest BCUT2D eigenvalue weighted by atomic mass is 10.3. The Morgan fingerprint density at radius 2 is 1.73 bits per heavy atom. The molecule has 0 aromatic rings. The van der Waals surface area contributed by atoms with Crippen molar-refractivity contribution in [1.29, 1.82) is 0 Å². The summed E-state index contributed by atoms with van der Waals surface area (Å²) >= 11 is 4.58. The van der Waals surface area contributed by atoms with E-state index in [9.17, 15) is 22.8 Å². The summed E-state index contributed by atoms with van der Waals surface area (Å²) in [6.07, 6.45) is -5.19. The molecule has 0 bridgehead atoms. The van der Waals surface area contributed by atoms with E-state index in [1.807, 2.05) is 0 Å². The zero-order valence-corrected chi connectivity index (χ0v) is 5.61. The Labute approximate surface area is 63.8 Å². The van der Waals surface area contributed by atoms with Gasteiger partial charge < -0.3 is 5.11 Å². The second-order valence-corrected chi connectivity index (χ2v) is 2.00. The lowest BCUT2D eigenvalue weighted by Gasteiger charge is -2.05. The fourth-order valence-electron chi connectivity index (χ4n) is 0.256. The summed E-state index contributed by atoms with van der Waals surface area (Å²) in [5, 5.41) is 5.32. The van der Waals surface area contributed by atoms with E-state index in [1.165, 1.54) is 0 Å². The van der Waals surface area contributed by atoms with Crippen molar-refractivity contribution in [3.05, 3.63) is 0 Å². The van der Waals surface area contributed by atoms with Crippen molar-refractivity contribution < 1.29 is 27.9 Å². The first-order valence-corrected chi connectivity index (χ1v) is 2.68. The van der Waals surface area contributed by atoms with Crippen LogP contribution in [0.15, 0.2) is 0 Å². The van der Waals surface area contributed by atoms with Crippen LogP contribution in [0.1, 0.15) is 0 Å². The predicted octanol–water partition coefficient (Wildman–Crippen LogP) is 0.810. The molecule has 0 amide bonds. The summed E-state index contributed by atoms with van der Waals surface area (Å²) in [7, 11) is 0. The van der Waals surface area contributed by atoms with Gasteiger partial charge >= 0.3 is 12.1 Å². The van der Waals surface area contributed by atoms with Crippen LogP contribution < -0.4 is 0 Å². The van der Waals surface area contributed by atoms with Crippen molar-refractivity contribution in [2.75, 3.05) is 0 Å². The number of Topliss-reactive ketones (excluding diaryl/α,β-unsaturated/α-hetero) is 1. The van der Waals surface area contributed by atoms with Crippen molar-refractivity contribution in [3.63, 3.8) is 0 Å². The molecule has 0 aliphatic rings. The van der Waals surface area contributed by atoms with Gasteiger partial charge in [0, 0.05) is 0 Å². The molecule has 11 heavy (non-hydrogen) atoms. The maximum atomic E-state index is 11.4. The maximum Gasteiger partial charge on any atom is 0.452 e. The highest BCUT2D eigenvalue weighted by Gasteiger charge is 2.45. The maximum absolute atomic E-state index is 11.4. The normalized spacial score (nSPS) is 14.2. The Morgan fingerprint density at radius 1 is 1.36 bits per heavy atom. The molecule has 0 saturated carbocycles. The predicted molar refractivity (Wildman–Crippen MR) is 28.3 cm³/mol. The van der Waals surface area contributed by atoms with Crippen molar-refractivity contribution in [1.82, 2.24) is 0 Å². The quantitative estimate of drug-likeness (QED) is 0.518. The number of carboxylic acid groups (broad SMARTS) is 1. The molecule has 0 spiro atoms. The van der Waals surface area contributed by atoms with Crippen LogP contribution in [0.3, 0.4) is 0 Å². The largest absolute Gasteiger partial charge is 0.480 e. The van der Waals surface area contributed by atoms with E-state index in [-0.39, 0.29) is 0 Å². The number of alkyl halides is 4. The monoisotopic (exact) mass is 190 g/mol. The summed E-state index contributed by atoms with van der Waals surface area (Å²) in [6.45, 7) is 0. The number of carbonyl (C=O) groups excluding carboxylic acids is 1. The average molecular weight is 191 g/mol. The smallest absolute Gasteiger partial charge is 0.452 e. The highest BCUT2D eigenvalue weighted by atomic mass is 35.5. The second-order valence-electron chi connectivity index (χ2n) is 1.56.